The van der Waals surface area contributed by atoms with Gasteiger partial charge in [0.15, 0.2) is 4.67 Å². The molecule has 0 fully saturated rings. The second-order valence-electron chi connectivity index (χ2n) is 5.38. The summed E-state index contributed by atoms with van der Waals surface area (Å²) in [5, 5.41) is 0. The fraction of sp³-hybridized carbons (Fsp3) is 0.692. The molecule has 21 heavy (non-hydrogen) atoms. The third kappa shape index (κ3) is 5.07. The number of rotatable bonds is 8. The van der Waals surface area contributed by atoms with Gasteiger partial charge < -0.3 is 10.2 Å². The average Bonchev–Trinajstić information content (AvgIpc) is 2.75. The van der Waals surface area contributed by atoms with Crippen molar-refractivity contribution < 1.29 is 12.8 Å². The second kappa shape index (κ2) is 7.73. The van der Waals surface area contributed by atoms with Crippen LogP contribution >= 0.6 is 15.9 Å². The van der Waals surface area contributed by atoms with Gasteiger partial charge in [-0.3, -0.25) is 4.90 Å². The van der Waals surface area contributed by atoms with Crippen molar-refractivity contribution in [2.45, 2.75) is 51.2 Å². The van der Waals surface area contributed by atoms with Crippen molar-refractivity contribution >= 4 is 26.0 Å². The Balaban J connectivity index is 2.71. The molecule has 8 heteroatoms. The van der Waals surface area contributed by atoms with E-state index in [1.54, 1.807) is 0 Å². The van der Waals surface area contributed by atoms with Crippen LogP contribution in [0.1, 0.15) is 33.5 Å². The molecule has 0 saturated heterocycles. The van der Waals surface area contributed by atoms with E-state index in [4.69, 9.17) is 10.2 Å². The Kier molecular flexibility index (Phi) is 6.86. The lowest BCUT2D eigenvalue weighted by Crippen LogP contribution is -2.42. The molecule has 1 aromatic heterocycles. The molecular weight excluding hydrogens is 358 g/mol. The normalized spacial score (nSPS) is 12.8. The van der Waals surface area contributed by atoms with E-state index in [0.717, 1.165) is 0 Å². The van der Waals surface area contributed by atoms with Gasteiger partial charge >= 0.3 is 0 Å². The van der Waals surface area contributed by atoms with Gasteiger partial charge in [-0.05, 0) is 43.6 Å². The standard InChI is InChI=1S/C13H24BrN3O3S/c1-9(2)17(10(3)4)6-5-16-21(18,19)12-7-11(8-15)20-13(12)14/h7,9-10,16H,5-6,8,15H2,1-4H3. The van der Waals surface area contributed by atoms with Gasteiger partial charge in [0, 0.05) is 31.2 Å². The molecule has 0 bridgehead atoms. The Bertz CT molecular complexity index is 547. The maximum absolute atomic E-state index is 12.2. The van der Waals surface area contributed by atoms with Gasteiger partial charge in [0.1, 0.15) is 10.7 Å². The van der Waals surface area contributed by atoms with Gasteiger partial charge in [-0.15, -0.1) is 0 Å². The zero-order valence-corrected chi connectivity index (χ0v) is 15.3. The van der Waals surface area contributed by atoms with E-state index >= 15 is 0 Å². The summed E-state index contributed by atoms with van der Waals surface area (Å²) in [6.45, 7) is 9.51. The van der Waals surface area contributed by atoms with Crippen LogP contribution in [0.25, 0.3) is 0 Å². The van der Waals surface area contributed by atoms with Crippen molar-refractivity contribution in [3.05, 3.63) is 16.5 Å². The minimum atomic E-state index is -3.60. The molecule has 0 radical (unpaired) electrons. The summed E-state index contributed by atoms with van der Waals surface area (Å²) in [5.41, 5.74) is 5.45. The molecule has 1 aromatic rings. The average molecular weight is 382 g/mol. The van der Waals surface area contributed by atoms with E-state index in [2.05, 4.69) is 53.2 Å². The van der Waals surface area contributed by atoms with Crippen molar-refractivity contribution in [3.63, 3.8) is 0 Å². The summed E-state index contributed by atoms with van der Waals surface area (Å²) in [5.74, 6) is 0.424. The highest BCUT2D eigenvalue weighted by atomic mass is 79.9. The van der Waals surface area contributed by atoms with Crippen molar-refractivity contribution in [1.82, 2.24) is 9.62 Å². The first-order chi connectivity index (χ1) is 9.69. The van der Waals surface area contributed by atoms with E-state index in [-0.39, 0.29) is 16.1 Å². The molecule has 1 heterocycles. The first kappa shape index (κ1) is 18.6. The maximum Gasteiger partial charge on any atom is 0.245 e. The molecule has 0 aliphatic carbocycles. The van der Waals surface area contributed by atoms with Gasteiger partial charge in [-0.1, -0.05) is 0 Å². The van der Waals surface area contributed by atoms with Crippen LogP contribution in [0.4, 0.5) is 0 Å². The highest BCUT2D eigenvalue weighted by Crippen LogP contribution is 2.25. The molecule has 122 valence electrons. The quantitative estimate of drug-likeness (QED) is 0.717. The van der Waals surface area contributed by atoms with Gasteiger partial charge in [0.05, 0.1) is 6.54 Å². The zero-order valence-electron chi connectivity index (χ0n) is 12.9. The van der Waals surface area contributed by atoms with E-state index < -0.39 is 10.0 Å². The fourth-order valence-corrected chi connectivity index (χ4v) is 4.20. The lowest BCUT2D eigenvalue weighted by molar-refractivity contribution is 0.179. The molecular formula is C13H24BrN3O3S. The molecule has 6 nitrogen and oxygen atoms in total. The Morgan fingerprint density at radius 3 is 2.33 bits per heavy atom. The van der Waals surface area contributed by atoms with E-state index in [0.29, 0.717) is 30.9 Å². The van der Waals surface area contributed by atoms with Crippen molar-refractivity contribution in [2.75, 3.05) is 13.1 Å². The highest BCUT2D eigenvalue weighted by molar-refractivity contribution is 9.10. The summed E-state index contributed by atoms with van der Waals surface area (Å²) in [6, 6.07) is 2.16. The van der Waals surface area contributed by atoms with Crippen molar-refractivity contribution in [1.29, 1.82) is 0 Å². The van der Waals surface area contributed by atoms with Gasteiger partial charge in [-0.2, -0.15) is 0 Å². The third-order valence-corrected chi connectivity index (χ3v) is 5.50. The van der Waals surface area contributed by atoms with Gasteiger partial charge in [-0.25, -0.2) is 13.1 Å². The lowest BCUT2D eigenvalue weighted by Gasteiger charge is -2.30. The number of furan rings is 1. The molecule has 0 aliphatic heterocycles. The predicted molar refractivity (Wildman–Crippen MR) is 86.5 cm³/mol. The first-order valence-electron chi connectivity index (χ1n) is 6.92. The van der Waals surface area contributed by atoms with Crippen LogP contribution in [0, 0.1) is 0 Å². The van der Waals surface area contributed by atoms with Crippen molar-refractivity contribution in [3.8, 4) is 0 Å². The minimum Gasteiger partial charge on any atom is -0.452 e. The van der Waals surface area contributed by atoms with Crippen LogP contribution in [-0.2, 0) is 16.6 Å². The number of hydrogen-bond acceptors (Lipinski definition) is 5. The Morgan fingerprint density at radius 2 is 1.90 bits per heavy atom. The summed E-state index contributed by atoms with van der Waals surface area (Å²) in [6.07, 6.45) is 0. The highest BCUT2D eigenvalue weighted by Gasteiger charge is 2.22. The molecule has 0 aliphatic rings. The van der Waals surface area contributed by atoms with E-state index in [1.165, 1.54) is 6.07 Å². The lowest BCUT2D eigenvalue weighted by atomic mass is 10.2. The van der Waals surface area contributed by atoms with Crippen LogP contribution < -0.4 is 10.5 Å². The number of nitrogens with two attached hydrogens (primary N) is 1. The molecule has 1 rings (SSSR count). The molecule has 0 unspecified atom stereocenters. The molecule has 0 amide bonds. The molecule has 3 N–H and O–H groups in total. The zero-order chi connectivity index (χ0) is 16.2. The number of halogens is 1. The molecule has 0 atom stereocenters. The molecule has 0 aromatic carbocycles. The number of nitrogens with zero attached hydrogens (tertiary/aromatic N) is 1. The topological polar surface area (TPSA) is 88.6 Å². The number of hydrogen-bond donors (Lipinski definition) is 2. The Hall–Kier alpha value is -0.410. The SMILES string of the molecule is CC(C)N(CCNS(=O)(=O)c1cc(CN)oc1Br)C(C)C. The fourth-order valence-electron chi connectivity index (χ4n) is 2.18. The van der Waals surface area contributed by atoms with Gasteiger partial charge in [0.25, 0.3) is 0 Å². The monoisotopic (exact) mass is 381 g/mol. The van der Waals surface area contributed by atoms with Crippen LogP contribution in [0.2, 0.25) is 0 Å². The van der Waals surface area contributed by atoms with E-state index in [9.17, 15) is 8.42 Å². The largest absolute Gasteiger partial charge is 0.452 e. The van der Waals surface area contributed by atoms with Crippen molar-refractivity contribution in [2.24, 2.45) is 5.73 Å². The summed E-state index contributed by atoms with van der Waals surface area (Å²) < 4.78 is 32.5. The number of sulfonamides is 1. The smallest absolute Gasteiger partial charge is 0.245 e. The summed E-state index contributed by atoms with van der Waals surface area (Å²) >= 11 is 3.11. The molecule has 0 saturated carbocycles. The summed E-state index contributed by atoms with van der Waals surface area (Å²) in [4.78, 5) is 2.31. The third-order valence-electron chi connectivity index (χ3n) is 3.19. The summed E-state index contributed by atoms with van der Waals surface area (Å²) in [7, 11) is -3.60. The van der Waals surface area contributed by atoms with Crippen LogP contribution in [0.15, 0.2) is 20.0 Å². The van der Waals surface area contributed by atoms with Crippen LogP contribution in [0.5, 0.6) is 0 Å². The van der Waals surface area contributed by atoms with Gasteiger partial charge in [0.2, 0.25) is 10.0 Å². The second-order valence-corrected chi connectivity index (χ2v) is 7.83. The molecule has 0 spiro atoms. The maximum atomic E-state index is 12.2. The first-order valence-corrected chi connectivity index (χ1v) is 9.20. The number of nitrogens with one attached hydrogen (secondary N) is 1. The van der Waals surface area contributed by atoms with E-state index in [1.807, 2.05) is 0 Å². The Labute approximate surface area is 135 Å². The predicted octanol–water partition coefficient (Wildman–Crippen LogP) is 1.90. The van der Waals surface area contributed by atoms with Crippen LogP contribution in [0.3, 0.4) is 0 Å². The Morgan fingerprint density at radius 1 is 1.33 bits per heavy atom. The minimum absolute atomic E-state index is 0.0867. The van der Waals surface area contributed by atoms with Crippen LogP contribution in [-0.4, -0.2) is 38.5 Å².